The summed E-state index contributed by atoms with van der Waals surface area (Å²) < 4.78 is 5.11. The molecule has 1 N–H and O–H groups in total. The van der Waals surface area contributed by atoms with Gasteiger partial charge in [0, 0.05) is 25.5 Å². The van der Waals surface area contributed by atoms with Crippen LogP contribution in [0.25, 0.3) is 0 Å². The van der Waals surface area contributed by atoms with Crippen LogP contribution in [-0.2, 0) is 4.74 Å². The predicted octanol–water partition coefficient (Wildman–Crippen LogP) is 2.78. The fraction of sp³-hybridized carbons (Fsp3) is 0.643. The van der Waals surface area contributed by atoms with Crippen molar-refractivity contribution < 1.29 is 4.74 Å². The average Bonchev–Trinajstić information content (AvgIpc) is 2.27. The number of hydrogen-bond acceptors (Lipinski definition) is 3. The van der Waals surface area contributed by atoms with E-state index < -0.39 is 0 Å². The Morgan fingerprint density at radius 1 is 1.35 bits per heavy atom. The van der Waals surface area contributed by atoms with Crippen molar-refractivity contribution in [3.05, 3.63) is 29.1 Å². The van der Waals surface area contributed by atoms with Gasteiger partial charge in [0.15, 0.2) is 0 Å². The molecule has 0 bridgehead atoms. The molecule has 17 heavy (non-hydrogen) atoms. The molecule has 0 saturated carbocycles. The maximum atomic E-state index is 5.11. The molecule has 0 aliphatic rings. The van der Waals surface area contributed by atoms with Gasteiger partial charge in [-0.05, 0) is 50.9 Å². The Morgan fingerprint density at radius 2 is 2.12 bits per heavy atom. The number of nitrogens with one attached hydrogen (secondary N) is 1. The molecule has 0 aromatic carbocycles. The fourth-order valence-electron chi connectivity index (χ4n) is 2.08. The summed E-state index contributed by atoms with van der Waals surface area (Å²) in [7, 11) is 1.75. The van der Waals surface area contributed by atoms with Gasteiger partial charge in [-0.2, -0.15) is 0 Å². The van der Waals surface area contributed by atoms with Crippen LogP contribution in [-0.4, -0.2) is 25.2 Å². The van der Waals surface area contributed by atoms with E-state index in [0.29, 0.717) is 6.04 Å². The molecular weight excluding hydrogens is 212 g/mol. The van der Waals surface area contributed by atoms with E-state index in [0.717, 1.165) is 37.4 Å². The summed E-state index contributed by atoms with van der Waals surface area (Å²) in [6, 6.07) is 4.63. The number of aromatic nitrogens is 1. The molecule has 0 aliphatic carbocycles. The van der Waals surface area contributed by atoms with Gasteiger partial charge in [0.1, 0.15) is 0 Å². The third kappa shape index (κ3) is 4.84. The van der Waals surface area contributed by atoms with E-state index >= 15 is 0 Å². The number of ether oxygens (including phenoxy) is 1. The molecule has 1 heterocycles. The van der Waals surface area contributed by atoms with Gasteiger partial charge in [0.2, 0.25) is 0 Å². The Morgan fingerprint density at radius 3 is 2.71 bits per heavy atom. The van der Waals surface area contributed by atoms with Gasteiger partial charge in [0.05, 0.1) is 5.69 Å². The van der Waals surface area contributed by atoms with Crippen LogP contribution in [0.2, 0.25) is 0 Å². The van der Waals surface area contributed by atoms with Gasteiger partial charge >= 0.3 is 0 Å². The van der Waals surface area contributed by atoms with Crippen molar-refractivity contribution in [1.29, 1.82) is 0 Å². The van der Waals surface area contributed by atoms with E-state index in [2.05, 4.69) is 43.2 Å². The summed E-state index contributed by atoms with van der Waals surface area (Å²) in [4.78, 5) is 4.63. The SMILES string of the molecule is CCNC(CCCOC)c1cc(C)cc(C)n1. The largest absolute Gasteiger partial charge is 0.385 e. The number of hydrogen-bond donors (Lipinski definition) is 1. The first-order valence-electron chi connectivity index (χ1n) is 6.35. The smallest absolute Gasteiger partial charge is 0.0579 e. The Hall–Kier alpha value is -0.930. The van der Waals surface area contributed by atoms with E-state index in [1.54, 1.807) is 7.11 Å². The Bertz CT molecular complexity index is 319. The molecule has 1 aromatic heterocycles. The highest BCUT2D eigenvalue weighted by molar-refractivity contribution is 5.21. The van der Waals surface area contributed by atoms with E-state index in [1.807, 2.05) is 0 Å². The quantitative estimate of drug-likeness (QED) is 0.739. The molecule has 3 heteroatoms. The van der Waals surface area contributed by atoms with Crippen LogP contribution < -0.4 is 5.32 Å². The summed E-state index contributed by atoms with van der Waals surface area (Å²) in [6.07, 6.45) is 2.13. The van der Waals surface area contributed by atoms with Crippen molar-refractivity contribution in [2.24, 2.45) is 0 Å². The molecule has 3 nitrogen and oxygen atoms in total. The van der Waals surface area contributed by atoms with Crippen LogP contribution in [0.4, 0.5) is 0 Å². The lowest BCUT2D eigenvalue weighted by Crippen LogP contribution is -2.22. The van der Waals surface area contributed by atoms with Gasteiger partial charge in [-0.25, -0.2) is 0 Å². The first kappa shape index (κ1) is 14.1. The predicted molar refractivity (Wildman–Crippen MR) is 71.2 cm³/mol. The average molecular weight is 236 g/mol. The number of methoxy groups -OCH3 is 1. The van der Waals surface area contributed by atoms with E-state index in [4.69, 9.17) is 4.74 Å². The molecule has 0 aliphatic heterocycles. The zero-order valence-electron chi connectivity index (χ0n) is 11.4. The third-order valence-electron chi connectivity index (χ3n) is 2.77. The van der Waals surface area contributed by atoms with E-state index in [1.165, 1.54) is 5.56 Å². The minimum Gasteiger partial charge on any atom is -0.385 e. The molecule has 1 rings (SSSR count). The molecule has 0 saturated heterocycles. The fourth-order valence-corrected chi connectivity index (χ4v) is 2.08. The van der Waals surface area contributed by atoms with Crippen molar-refractivity contribution in [2.75, 3.05) is 20.3 Å². The van der Waals surface area contributed by atoms with Gasteiger partial charge < -0.3 is 10.1 Å². The molecule has 1 aromatic rings. The van der Waals surface area contributed by atoms with Crippen LogP contribution >= 0.6 is 0 Å². The van der Waals surface area contributed by atoms with Crippen molar-refractivity contribution in [1.82, 2.24) is 10.3 Å². The molecule has 0 fully saturated rings. The summed E-state index contributed by atoms with van der Waals surface area (Å²) in [5.74, 6) is 0. The Balaban J connectivity index is 2.73. The monoisotopic (exact) mass is 236 g/mol. The maximum Gasteiger partial charge on any atom is 0.0579 e. The van der Waals surface area contributed by atoms with E-state index in [-0.39, 0.29) is 0 Å². The number of rotatable bonds is 7. The van der Waals surface area contributed by atoms with Crippen LogP contribution in [0.1, 0.15) is 42.8 Å². The van der Waals surface area contributed by atoms with Gasteiger partial charge in [0.25, 0.3) is 0 Å². The molecular formula is C14H24N2O. The number of aryl methyl sites for hydroxylation is 2. The molecule has 0 radical (unpaired) electrons. The highest BCUT2D eigenvalue weighted by Gasteiger charge is 2.12. The Labute approximate surface area is 105 Å². The second kappa shape index (κ2) is 7.41. The normalized spacial score (nSPS) is 12.7. The van der Waals surface area contributed by atoms with Crippen LogP contribution in [0.15, 0.2) is 12.1 Å². The van der Waals surface area contributed by atoms with Crippen LogP contribution in [0.5, 0.6) is 0 Å². The van der Waals surface area contributed by atoms with Crippen molar-refractivity contribution >= 4 is 0 Å². The van der Waals surface area contributed by atoms with E-state index in [9.17, 15) is 0 Å². The minimum atomic E-state index is 0.341. The third-order valence-corrected chi connectivity index (χ3v) is 2.77. The minimum absolute atomic E-state index is 0.341. The lowest BCUT2D eigenvalue weighted by Gasteiger charge is -2.18. The standard InChI is InChI=1S/C14H24N2O/c1-5-15-13(7-6-8-17-4)14-10-11(2)9-12(3)16-14/h9-10,13,15H,5-8H2,1-4H3. The summed E-state index contributed by atoms with van der Waals surface area (Å²) in [6.45, 7) is 8.08. The molecule has 1 atom stereocenters. The highest BCUT2D eigenvalue weighted by Crippen LogP contribution is 2.18. The Kier molecular flexibility index (Phi) is 6.16. The van der Waals surface area contributed by atoms with Gasteiger partial charge in [-0.15, -0.1) is 0 Å². The first-order chi connectivity index (χ1) is 8.17. The maximum absolute atomic E-state index is 5.11. The van der Waals surface area contributed by atoms with Crippen molar-refractivity contribution in [2.45, 2.75) is 39.7 Å². The van der Waals surface area contributed by atoms with Gasteiger partial charge in [-0.3, -0.25) is 4.98 Å². The van der Waals surface area contributed by atoms with Gasteiger partial charge in [-0.1, -0.05) is 6.92 Å². The van der Waals surface area contributed by atoms with Crippen LogP contribution in [0.3, 0.4) is 0 Å². The van der Waals surface area contributed by atoms with Crippen molar-refractivity contribution in [3.63, 3.8) is 0 Å². The topological polar surface area (TPSA) is 34.1 Å². The molecule has 0 amide bonds. The lowest BCUT2D eigenvalue weighted by molar-refractivity contribution is 0.188. The zero-order chi connectivity index (χ0) is 12.7. The molecule has 96 valence electrons. The first-order valence-corrected chi connectivity index (χ1v) is 6.35. The molecule has 1 unspecified atom stereocenters. The summed E-state index contributed by atoms with van der Waals surface area (Å²) in [5, 5.41) is 3.49. The van der Waals surface area contributed by atoms with Crippen molar-refractivity contribution in [3.8, 4) is 0 Å². The molecule has 0 spiro atoms. The number of pyridine rings is 1. The summed E-state index contributed by atoms with van der Waals surface area (Å²) in [5.41, 5.74) is 3.53. The lowest BCUT2D eigenvalue weighted by atomic mass is 10.1. The zero-order valence-corrected chi connectivity index (χ0v) is 11.4. The second-order valence-electron chi connectivity index (χ2n) is 4.46. The highest BCUT2D eigenvalue weighted by atomic mass is 16.5. The number of nitrogens with zero attached hydrogens (tertiary/aromatic N) is 1. The second-order valence-corrected chi connectivity index (χ2v) is 4.46. The van der Waals surface area contributed by atoms with Crippen LogP contribution in [0, 0.1) is 13.8 Å². The summed E-state index contributed by atoms with van der Waals surface area (Å²) >= 11 is 0.